The van der Waals surface area contributed by atoms with E-state index in [1.807, 2.05) is 70.2 Å². The van der Waals surface area contributed by atoms with Gasteiger partial charge in [0.05, 0.1) is 11.6 Å². The van der Waals surface area contributed by atoms with E-state index in [4.69, 9.17) is 16.4 Å². The van der Waals surface area contributed by atoms with E-state index in [1.54, 1.807) is 18.2 Å². The molecular weight excluding hydrogens is 529 g/mol. The molecule has 4 aromatic carbocycles. The van der Waals surface area contributed by atoms with Crippen molar-refractivity contribution in [3.8, 4) is 29.9 Å². The summed E-state index contributed by atoms with van der Waals surface area (Å²) in [6.07, 6.45) is 5.31. The van der Waals surface area contributed by atoms with Crippen molar-refractivity contribution in [1.29, 1.82) is 5.26 Å². The fourth-order valence-corrected chi connectivity index (χ4v) is 4.05. The molecule has 43 heavy (non-hydrogen) atoms. The number of halogens is 1. The first-order valence-corrected chi connectivity index (χ1v) is 14.6. The largest absolute Gasteiger partial charge is 0.457 e. The van der Waals surface area contributed by atoms with Crippen LogP contribution in [0.1, 0.15) is 95.7 Å². The van der Waals surface area contributed by atoms with Gasteiger partial charge in [-0.2, -0.15) is 5.26 Å². The number of hydrogen-bond donors (Lipinski definition) is 0. The Kier molecular flexibility index (Phi) is 11.9. The van der Waals surface area contributed by atoms with Gasteiger partial charge in [-0.05, 0) is 94.5 Å². The lowest BCUT2D eigenvalue weighted by Crippen LogP contribution is -2.13. The van der Waals surface area contributed by atoms with Gasteiger partial charge in [-0.1, -0.05) is 110 Å². The van der Waals surface area contributed by atoms with Gasteiger partial charge in [-0.25, -0.2) is 4.39 Å². The normalized spacial score (nSPS) is 11.1. The van der Waals surface area contributed by atoms with Gasteiger partial charge >= 0.3 is 0 Å². The van der Waals surface area contributed by atoms with E-state index < -0.39 is 0 Å². The molecule has 0 spiro atoms. The Morgan fingerprint density at radius 2 is 1.19 bits per heavy atom. The third kappa shape index (κ3) is 11.5. The standard InChI is InChI=1S/C17H17NO.C12H14.C11H15F/c1-17(2,3)14-5-4-6-16(11-14)19-15-9-7-13(12-18)8-10-15;1-5-10-7-6-8-11(9-10)12(2,3)4;1-8-5-6-10(12)9(7-8)11(2,3)4/h4-11H,1-3H3;1,6-9H,2-4H3;5-7H,1-4H3. The van der Waals surface area contributed by atoms with Crippen molar-refractivity contribution in [3.05, 3.63) is 130 Å². The topological polar surface area (TPSA) is 33.0 Å². The van der Waals surface area contributed by atoms with Crippen LogP contribution in [0.4, 0.5) is 4.39 Å². The highest BCUT2D eigenvalue weighted by Gasteiger charge is 2.18. The summed E-state index contributed by atoms with van der Waals surface area (Å²) < 4.78 is 19.1. The SMILES string of the molecule is C#Cc1cccc(C(C)(C)C)c1.CC(C)(C)c1cccc(Oc2ccc(C#N)cc2)c1.Cc1ccc(F)c(C(C)(C)C)c1. The van der Waals surface area contributed by atoms with Crippen LogP contribution >= 0.6 is 0 Å². The molecule has 0 N–H and O–H groups in total. The molecule has 4 rings (SSSR count). The van der Waals surface area contributed by atoms with Gasteiger partial charge in [0.25, 0.3) is 0 Å². The molecule has 0 unspecified atom stereocenters. The zero-order chi connectivity index (χ0) is 32.4. The number of aryl methyl sites for hydroxylation is 1. The third-order valence-electron chi connectivity index (χ3n) is 6.74. The maximum atomic E-state index is 13.3. The minimum atomic E-state index is -0.104. The molecule has 4 aromatic rings. The van der Waals surface area contributed by atoms with E-state index in [2.05, 4.69) is 77.8 Å². The monoisotopic (exact) mass is 575 g/mol. The van der Waals surface area contributed by atoms with Gasteiger partial charge in [0, 0.05) is 5.56 Å². The number of rotatable bonds is 2. The van der Waals surface area contributed by atoms with Crippen LogP contribution < -0.4 is 4.74 Å². The molecule has 3 heteroatoms. The molecule has 0 aromatic heterocycles. The Hall–Kier alpha value is -4.34. The highest BCUT2D eigenvalue weighted by molar-refractivity contribution is 5.40. The lowest BCUT2D eigenvalue weighted by atomic mass is 9.86. The van der Waals surface area contributed by atoms with Crippen molar-refractivity contribution >= 4 is 0 Å². The molecule has 0 radical (unpaired) electrons. The van der Waals surface area contributed by atoms with Gasteiger partial charge in [0.15, 0.2) is 0 Å². The van der Waals surface area contributed by atoms with E-state index >= 15 is 0 Å². The maximum Gasteiger partial charge on any atom is 0.127 e. The van der Waals surface area contributed by atoms with E-state index in [0.29, 0.717) is 5.56 Å². The van der Waals surface area contributed by atoms with Crippen LogP contribution in [0.25, 0.3) is 0 Å². The highest BCUT2D eigenvalue weighted by Crippen LogP contribution is 2.29. The van der Waals surface area contributed by atoms with Crippen LogP contribution in [0.3, 0.4) is 0 Å². The van der Waals surface area contributed by atoms with Crippen LogP contribution in [-0.2, 0) is 16.2 Å². The lowest BCUT2D eigenvalue weighted by Gasteiger charge is -2.20. The van der Waals surface area contributed by atoms with Gasteiger partial charge in [0.1, 0.15) is 17.3 Å². The van der Waals surface area contributed by atoms with Gasteiger partial charge in [-0.15, -0.1) is 6.42 Å². The van der Waals surface area contributed by atoms with Crippen LogP contribution in [-0.4, -0.2) is 0 Å². The molecule has 0 aliphatic carbocycles. The molecule has 2 nitrogen and oxygen atoms in total. The summed E-state index contributed by atoms with van der Waals surface area (Å²) in [5, 5.41) is 8.75. The summed E-state index contributed by atoms with van der Waals surface area (Å²) in [5.74, 6) is 4.09. The van der Waals surface area contributed by atoms with Crippen LogP contribution in [0, 0.1) is 36.4 Å². The number of nitrogens with zero attached hydrogens (tertiary/aromatic N) is 1. The minimum absolute atomic E-state index is 0.101. The molecule has 0 bridgehead atoms. The Labute approximate surface area is 259 Å². The van der Waals surface area contributed by atoms with E-state index in [9.17, 15) is 4.39 Å². The lowest BCUT2D eigenvalue weighted by molar-refractivity contribution is 0.478. The minimum Gasteiger partial charge on any atom is -0.457 e. The van der Waals surface area contributed by atoms with Crippen molar-refractivity contribution in [3.63, 3.8) is 0 Å². The van der Waals surface area contributed by atoms with Crippen molar-refractivity contribution in [1.82, 2.24) is 0 Å². The Morgan fingerprint density at radius 1 is 0.628 bits per heavy atom. The average Bonchev–Trinajstić information content (AvgIpc) is 2.94. The summed E-state index contributed by atoms with van der Waals surface area (Å²) in [4.78, 5) is 0. The predicted octanol–water partition coefficient (Wildman–Crippen LogP) is 11.0. The zero-order valence-corrected chi connectivity index (χ0v) is 27.5. The van der Waals surface area contributed by atoms with E-state index in [1.165, 1.54) is 17.2 Å². The number of benzene rings is 4. The second-order valence-corrected chi connectivity index (χ2v) is 13.7. The second kappa shape index (κ2) is 14.7. The molecule has 0 fully saturated rings. The van der Waals surface area contributed by atoms with E-state index in [-0.39, 0.29) is 22.1 Å². The zero-order valence-electron chi connectivity index (χ0n) is 27.5. The molecule has 0 aliphatic heterocycles. The summed E-state index contributed by atoms with van der Waals surface area (Å²) in [6.45, 7) is 21.1. The van der Waals surface area contributed by atoms with Gasteiger partial charge in [0.2, 0.25) is 0 Å². The Morgan fingerprint density at radius 3 is 1.67 bits per heavy atom. The fraction of sp³-hybridized carbons (Fsp3) is 0.325. The highest BCUT2D eigenvalue weighted by atomic mass is 19.1. The average molecular weight is 576 g/mol. The third-order valence-corrected chi connectivity index (χ3v) is 6.74. The van der Waals surface area contributed by atoms with Crippen molar-refractivity contribution in [2.24, 2.45) is 0 Å². The van der Waals surface area contributed by atoms with Gasteiger partial charge < -0.3 is 4.74 Å². The first-order valence-electron chi connectivity index (χ1n) is 14.6. The molecule has 0 amide bonds. The summed E-state index contributed by atoms with van der Waals surface area (Å²) in [7, 11) is 0. The fourth-order valence-electron chi connectivity index (χ4n) is 4.05. The molecule has 0 saturated heterocycles. The van der Waals surface area contributed by atoms with Gasteiger partial charge in [-0.3, -0.25) is 0 Å². The number of ether oxygens (including phenoxy) is 1. The first kappa shape index (κ1) is 34.9. The first-order chi connectivity index (χ1) is 19.9. The van der Waals surface area contributed by atoms with Crippen molar-refractivity contribution in [2.45, 2.75) is 85.5 Å². The summed E-state index contributed by atoms with van der Waals surface area (Å²) in [6, 6.07) is 30.7. The van der Waals surface area contributed by atoms with Crippen LogP contribution in [0.2, 0.25) is 0 Å². The molecule has 224 valence electrons. The molecular formula is C40H46FNO. The predicted molar refractivity (Wildman–Crippen MR) is 179 cm³/mol. The molecule has 0 saturated carbocycles. The van der Waals surface area contributed by atoms with Crippen LogP contribution in [0.15, 0.2) is 91.0 Å². The van der Waals surface area contributed by atoms with Crippen molar-refractivity contribution < 1.29 is 9.13 Å². The maximum absolute atomic E-state index is 13.3. The summed E-state index contributed by atoms with van der Waals surface area (Å²) >= 11 is 0. The number of nitriles is 1. The quantitative estimate of drug-likeness (QED) is 0.223. The van der Waals surface area contributed by atoms with Crippen molar-refractivity contribution in [2.75, 3.05) is 0 Å². The summed E-state index contributed by atoms with van der Waals surface area (Å²) in [5.41, 5.74) is 6.21. The number of terminal acetylenes is 1. The smallest absolute Gasteiger partial charge is 0.127 e. The second-order valence-electron chi connectivity index (χ2n) is 13.7. The Balaban J connectivity index is 0.000000236. The Bertz CT molecular complexity index is 1560. The van der Waals surface area contributed by atoms with Crippen LogP contribution in [0.5, 0.6) is 11.5 Å². The van der Waals surface area contributed by atoms with E-state index in [0.717, 1.165) is 28.2 Å². The molecule has 0 heterocycles. The number of hydrogen-bond acceptors (Lipinski definition) is 2. The molecule has 0 atom stereocenters. The molecule has 0 aliphatic rings.